The zero-order chi connectivity index (χ0) is 12.8. The molecule has 1 aliphatic carbocycles. The van der Waals surface area contributed by atoms with Gasteiger partial charge in [-0.3, -0.25) is 0 Å². The van der Waals surface area contributed by atoms with Gasteiger partial charge in [0, 0.05) is 18.7 Å². The van der Waals surface area contributed by atoms with Crippen molar-refractivity contribution in [3.8, 4) is 0 Å². The Balaban J connectivity index is 1.99. The van der Waals surface area contributed by atoms with Crippen molar-refractivity contribution in [1.29, 1.82) is 0 Å². The fourth-order valence-electron chi connectivity index (χ4n) is 2.67. The molecule has 2 N–H and O–H groups in total. The predicted molar refractivity (Wildman–Crippen MR) is 75.4 cm³/mol. The third kappa shape index (κ3) is 3.82. The van der Waals surface area contributed by atoms with Gasteiger partial charge in [-0.25, -0.2) is 0 Å². The van der Waals surface area contributed by atoms with Crippen LogP contribution in [0.15, 0.2) is 30.3 Å². The first-order chi connectivity index (χ1) is 8.85. The fourth-order valence-corrected chi connectivity index (χ4v) is 2.67. The van der Waals surface area contributed by atoms with Gasteiger partial charge in [0.25, 0.3) is 0 Å². The minimum absolute atomic E-state index is 0.283. The second kappa shape index (κ2) is 6.91. The standard InChI is InChI=1S/C16H25NO/c1-2-15(14-10-11-14)17-16(9-6-12-18)13-7-4-3-5-8-13/h3-5,7-8,14-18H,2,6,9-12H2,1H3. The summed E-state index contributed by atoms with van der Waals surface area (Å²) in [6, 6.07) is 11.7. The molecule has 1 aliphatic rings. The average Bonchev–Trinajstić information content (AvgIpc) is 3.25. The lowest BCUT2D eigenvalue weighted by Gasteiger charge is -2.25. The summed E-state index contributed by atoms with van der Waals surface area (Å²) in [7, 11) is 0. The molecule has 0 saturated heterocycles. The zero-order valence-corrected chi connectivity index (χ0v) is 11.3. The van der Waals surface area contributed by atoms with Gasteiger partial charge in [0.1, 0.15) is 0 Å². The van der Waals surface area contributed by atoms with Crippen molar-refractivity contribution in [3.05, 3.63) is 35.9 Å². The number of rotatable bonds is 8. The van der Waals surface area contributed by atoms with Crippen LogP contribution in [0.3, 0.4) is 0 Å². The molecule has 2 atom stereocenters. The molecule has 1 aromatic carbocycles. The summed E-state index contributed by atoms with van der Waals surface area (Å²) in [5.41, 5.74) is 1.35. The van der Waals surface area contributed by atoms with Gasteiger partial charge < -0.3 is 10.4 Å². The maximum Gasteiger partial charge on any atom is 0.0431 e. The summed E-state index contributed by atoms with van der Waals surface area (Å²) in [6.07, 6.45) is 5.85. The van der Waals surface area contributed by atoms with Gasteiger partial charge in [-0.1, -0.05) is 37.3 Å². The van der Waals surface area contributed by atoms with Crippen LogP contribution in [0.4, 0.5) is 0 Å². The summed E-state index contributed by atoms with van der Waals surface area (Å²) in [6.45, 7) is 2.55. The second-order valence-electron chi connectivity index (χ2n) is 5.35. The van der Waals surface area contributed by atoms with Crippen molar-refractivity contribution in [1.82, 2.24) is 5.32 Å². The van der Waals surface area contributed by atoms with E-state index in [1.165, 1.54) is 24.8 Å². The number of aliphatic hydroxyl groups excluding tert-OH is 1. The minimum Gasteiger partial charge on any atom is -0.396 e. The van der Waals surface area contributed by atoms with E-state index >= 15 is 0 Å². The van der Waals surface area contributed by atoms with Crippen molar-refractivity contribution >= 4 is 0 Å². The number of nitrogens with one attached hydrogen (secondary N) is 1. The van der Waals surface area contributed by atoms with Crippen LogP contribution in [0, 0.1) is 5.92 Å². The summed E-state index contributed by atoms with van der Waals surface area (Å²) in [5.74, 6) is 0.885. The van der Waals surface area contributed by atoms with E-state index in [9.17, 15) is 0 Å². The molecular weight excluding hydrogens is 222 g/mol. The normalized spacial score (nSPS) is 18.6. The van der Waals surface area contributed by atoms with E-state index < -0.39 is 0 Å². The van der Waals surface area contributed by atoms with Crippen LogP contribution in [0.25, 0.3) is 0 Å². The van der Waals surface area contributed by atoms with Gasteiger partial charge in [0.2, 0.25) is 0 Å². The van der Waals surface area contributed by atoms with Crippen LogP contribution in [0.5, 0.6) is 0 Å². The van der Waals surface area contributed by atoms with Gasteiger partial charge in [-0.2, -0.15) is 0 Å². The monoisotopic (exact) mass is 247 g/mol. The third-order valence-corrected chi connectivity index (χ3v) is 3.90. The van der Waals surface area contributed by atoms with Gasteiger partial charge in [0.05, 0.1) is 0 Å². The molecule has 1 aromatic rings. The Morgan fingerprint density at radius 3 is 2.56 bits per heavy atom. The third-order valence-electron chi connectivity index (χ3n) is 3.90. The van der Waals surface area contributed by atoms with Crippen LogP contribution in [-0.2, 0) is 0 Å². The summed E-state index contributed by atoms with van der Waals surface area (Å²) in [5, 5.41) is 12.9. The highest BCUT2D eigenvalue weighted by atomic mass is 16.2. The van der Waals surface area contributed by atoms with E-state index in [2.05, 4.69) is 42.6 Å². The van der Waals surface area contributed by atoms with Crippen molar-refractivity contribution in [2.24, 2.45) is 5.92 Å². The number of aliphatic hydroxyl groups is 1. The summed E-state index contributed by atoms with van der Waals surface area (Å²) >= 11 is 0. The second-order valence-corrected chi connectivity index (χ2v) is 5.35. The van der Waals surface area contributed by atoms with Gasteiger partial charge in [0.15, 0.2) is 0 Å². The first-order valence-corrected chi connectivity index (χ1v) is 7.27. The highest BCUT2D eigenvalue weighted by Crippen LogP contribution is 2.35. The lowest BCUT2D eigenvalue weighted by atomic mass is 9.99. The lowest BCUT2D eigenvalue weighted by Crippen LogP contribution is -2.34. The molecule has 0 heterocycles. The molecule has 0 bridgehead atoms. The quantitative estimate of drug-likeness (QED) is 0.739. The van der Waals surface area contributed by atoms with Gasteiger partial charge in [-0.05, 0) is 43.6 Å². The Kier molecular flexibility index (Phi) is 5.21. The van der Waals surface area contributed by atoms with E-state index in [0.717, 1.165) is 18.8 Å². The lowest BCUT2D eigenvalue weighted by molar-refractivity contribution is 0.268. The Hall–Kier alpha value is -0.860. The molecule has 100 valence electrons. The summed E-state index contributed by atoms with van der Waals surface area (Å²) < 4.78 is 0. The fraction of sp³-hybridized carbons (Fsp3) is 0.625. The van der Waals surface area contributed by atoms with Crippen molar-refractivity contribution in [3.63, 3.8) is 0 Å². The molecular formula is C16H25NO. The number of hydrogen-bond donors (Lipinski definition) is 2. The van der Waals surface area contributed by atoms with Crippen LogP contribution >= 0.6 is 0 Å². The molecule has 0 aromatic heterocycles. The largest absolute Gasteiger partial charge is 0.396 e. The Labute approximate surface area is 110 Å². The highest BCUT2D eigenvalue weighted by molar-refractivity contribution is 5.19. The van der Waals surface area contributed by atoms with E-state index in [1.807, 2.05) is 0 Å². The Morgan fingerprint density at radius 2 is 2.00 bits per heavy atom. The molecule has 0 aliphatic heterocycles. The molecule has 0 radical (unpaired) electrons. The first kappa shape index (κ1) is 13.6. The Bertz CT molecular complexity index is 334. The highest BCUT2D eigenvalue weighted by Gasteiger charge is 2.31. The molecule has 0 spiro atoms. The SMILES string of the molecule is CCC(NC(CCCO)c1ccccc1)C1CC1. The molecule has 2 unspecified atom stereocenters. The molecule has 1 saturated carbocycles. The van der Waals surface area contributed by atoms with Crippen LogP contribution in [-0.4, -0.2) is 17.8 Å². The van der Waals surface area contributed by atoms with Gasteiger partial charge >= 0.3 is 0 Å². The molecule has 0 amide bonds. The van der Waals surface area contributed by atoms with E-state index in [0.29, 0.717) is 12.1 Å². The van der Waals surface area contributed by atoms with Crippen molar-refractivity contribution in [2.75, 3.05) is 6.61 Å². The first-order valence-electron chi connectivity index (χ1n) is 7.27. The van der Waals surface area contributed by atoms with Crippen molar-refractivity contribution in [2.45, 2.75) is 51.1 Å². The molecule has 1 fully saturated rings. The van der Waals surface area contributed by atoms with Crippen LogP contribution < -0.4 is 5.32 Å². The Morgan fingerprint density at radius 1 is 1.28 bits per heavy atom. The van der Waals surface area contributed by atoms with Crippen LogP contribution in [0.1, 0.15) is 50.6 Å². The average molecular weight is 247 g/mol. The maximum atomic E-state index is 9.05. The van der Waals surface area contributed by atoms with E-state index in [4.69, 9.17) is 5.11 Å². The van der Waals surface area contributed by atoms with E-state index in [-0.39, 0.29) is 6.61 Å². The summed E-state index contributed by atoms with van der Waals surface area (Å²) in [4.78, 5) is 0. The molecule has 2 heteroatoms. The maximum absolute atomic E-state index is 9.05. The number of hydrogen-bond acceptors (Lipinski definition) is 2. The number of benzene rings is 1. The minimum atomic E-state index is 0.283. The predicted octanol–water partition coefficient (Wildman–Crippen LogP) is 3.28. The molecule has 18 heavy (non-hydrogen) atoms. The molecule has 2 rings (SSSR count). The molecule has 2 nitrogen and oxygen atoms in total. The van der Waals surface area contributed by atoms with Gasteiger partial charge in [-0.15, -0.1) is 0 Å². The smallest absolute Gasteiger partial charge is 0.0431 e. The van der Waals surface area contributed by atoms with Crippen LogP contribution in [0.2, 0.25) is 0 Å². The topological polar surface area (TPSA) is 32.3 Å². The van der Waals surface area contributed by atoms with E-state index in [1.54, 1.807) is 0 Å². The van der Waals surface area contributed by atoms with Crippen molar-refractivity contribution < 1.29 is 5.11 Å². The zero-order valence-electron chi connectivity index (χ0n) is 11.3.